The predicted molar refractivity (Wildman–Crippen MR) is 78.8 cm³/mol. The summed E-state index contributed by atoms with van der Waals surface area (Å²) in [5.41, 5.74) is 0.247. The Morgan fingerprint density at radius 3 is 2.52 bits per heavy atom. The van der Waals surface area contributed by atoms with Crippen LogP contribution in [0.5, 0.6) is 0 Å². The summed E-state index contributed by atoms with van der Waals surface area (Å²) >= 11 is 0. The van der Waals surface area contributed by atoms with E-state index >= 15 is 0 Å². The van der Waals surface area contributed by atoms with E-state index in [1.54, 1.807) is 7.05 Å². The van der Waals surface area contributed by atoms with Gasteiger partial charge in [0.1, 0.15) is 5.82 Å². The normalized spacial score (nSPS) is 16.8. The van der Waals surface area contributed by atoms with E-state index in [9.17, 15) is 12.8 Å². The summed E-state index contributed by atoms with van der Waals surface area (Å²) in [6.07, 6.45) is 4.43. The molecule has 0 spiro atoms. The lowest BCUT2D eigenvalue weighted by Crippen LogP contribution is -2.31. The fourth-order valence-corrected chi connectivity index (χ4v) is 4.29. The van der Waals surface area contributed by atoms with E-state index in [-0.39, 0.29) is 16.0 Å². The van der Waals surface area contributed by atoms with Crippen molar-refractivity contribution in [2.75, 3.05) is 13.6 Å². The Kier molecular flexibility index (Phi) is 5.01. The number of sulfonamides is 1. The first-order valence-corrected chi connectivity index (χ1v) is 8.66. The van der Waals surface area contributed by atoms with Gasteiger partial charge in [-0.3, -0.25) is 0 Å². The van der Waals surface area contributed by atoms with Gasteiger partial charge in [-0.25, -0.2) is 17.1 Å². The second kappa shape index (κ2) is 6.42. The summed E-state index contributed by atoms with van der Waals surface area (Å²) in [7, 11) is -2.08. The highest BCUT2D eigenvalue weighted by Crippen LogP contribution is 2.28. The highest BCUT2D eigenvalue weighted by atomic mass is 32.2. The maximum absolute atomic E-state index is 13.7. The molecule has 1 N–H and O–H groups in total. The first kappa shape index (κ1) is 16.4. The Balaban J connectivity index is 2.27. The minimum atomic E-state index is -3.64. The van der Waals surface area contributed by atoms with Gasteiger partial charge in [0, 0.05) is 19.2 Å². The molecular weight excluding hydrogens is 293 g/mol. The molecule has 6 heteroatoms. The molecule has 118 valence electrons. The van der Waals surface area contributed by atoms with Gasteiger partial charge in [0.05, 0.1) is 11.5 Å². The van der Waals surface area contributed by atoms with Gasteiger partial charge in [-0.2, -0.15) is 0 Å². The van der Waals surface area contributed by atoms with Crippen LogP contribution >= 0.6 is 0 Å². The molecule has 1 aromatic carbocycles. The van der Waals surface area contributed by atoms with Gasteiger partial charge in [0.25, 0.3) is 0 Å². The van der Waals surface area contributed by atoms with E-state index in [0.717, 1.165) is 25.7 Å². The molecular formula is C15H22FNO3S. The summed E-state index contributed by atoms with van der Waals surface area (Å²) in [5, 5.41) is 9.15. The number of nitrogens with zero attached hydrogens (tertiary/aromatic N) is 1. The van der Waals surface area contributed by atoms with Crippen LogP contribution in [-0.2, 0) is 16.6 Å². The number of halogens is 1. The molecule has 2 rings (SSSR count). The number of hydrogen-bond acceptors (Lipinski definition) is 3. The summed E-state index contributed by atoms with van der Waals surface area (Å²) in [6, 6.07) is 2.55. The van der Waals surface area contributed by atoms with Crippen LogP contribution in [0.1, 0.15) is 36.8 Å². The molecule has 0 saturated heterocycles. The lowest BCUT2D eigenvalue weighted by Gasteiger charge is -2.21. The van der Waals surface area contributed by atoms with E-state index in [0.29, 0.717) is 12.5 Å². The molecule has 1 fully saturated rings. The van der Waals surface area contributed by atoms with Crippen molar-refractivity contribution in [2.45, 2.75) is 44.1 Å². The minimum absolute atomic E-state index is 0.0165. The standard InChI is InChI=1S/C15H22FNO3S/c1-11-7-14(8-13(10-18)15(11)16)21(19,20)17(2)9-12-5-3-4-6-12/h7-8,12,18H,3-6,9-10H2,1-2H3. The van der Waals surface area contributed by atoms with Crippen molar-refractivity contribution in [2.24, 2.45) is 5.92 Å². The highest BCUT2D eigenvalue weighted by molar-refractivity contribution is 7.89. The van der Waals surface area contributed by atoms with E-state index in [1.807, 2.05) is 0 Å². The summed E-state index contributed by atoms with van der Waals surface area (Å²) in [4.78, 5) is 0.0472. The largest absolute Gasteiger partial charge is 0.392 e. The van der Waals surface area contributed by atoms with Crippen molar-refractivity contribution in [3.8, 4) is 0 Å². The maximum Gasteiger partial charge on any atom is 0.242 e. The van der Waals surface area contributed by atoms with Crippen LogP contribution in [0.15, 0.2) is 17.0 Å². The zero-order valence-corrected chi connectivity index (χ0v) is 13.3. The quantitative estimate of drug-likeness (QED) is 0.908. The van der Waals surface area contributed by atoms with Crippen LogP contribution in [0.4, 0.5) is 4.39 Å². The van der Waals surface area contributed by atoms with Gasteiger partial charge in [-0.05, 0) is 43.4 Å². The third-order valence-corrected chi connectivity index (χ3v) is 5.97. The Bertz CT molecular complexity index is 610. The highest BCUT2D eigenvalue weighted by Gasteiger charge is 2.26. The molecule has 0 bridgehead atoms. The molecule has 0 amide bonds. The zero-order valence-electron chi connectivity index (χ0n) is 12.5. The number of aliphatic hydroxyl groups is 1. The first-order chi connectivity index (χ1) is 9.86. The molecule has 4 nitrogen and oxygen atoms in total. The molecule has 21 heavy (non-hydrogen) atoms. The van der Waals surface area contributed by atoms with Crippen LogP contribution in [0.3, 0.4) is 0 Å². The van der Waals surface area contributed by atoms with Gasteiger partial charge in [-0.15, -0.1) is 0 Å². The number of rotatable bonds is 5. The Morgan fingerprint density at radius 1 is 1.33 bits per heavy atom. The smallest absolute Gasteiger partial charge is 0.242 e. The number of aliphatic hydroxyl groups excluding tert-OH is 1. The molecule has 1 aliphatic carbocycles. The van der Waals surface area contributed by atoms with E-state index < -0.39 is 22.4 Å². The van der Waals surface area contributed by atoms with Crippen LogP contribution in [-0.4, -0.2) is 31.4 Å². The molecule has 1 saturated carbocycles. The fraction of sp³-hybridized carbons (Fsp3) is 0.600. The van der Waals surface area contributed by atoms with Crippen molar-refractivity contribution in [1.82, 2.24) is 4.31 Å². The SMILES string of the molecule is Cc1cc(S(=O)(=O)N(C)CC2CCCC2)cc(CO)c1F. The van der Waals surface area contributed by atoms with Gasteiger partial charge in [0.15, 0.2) is 0 Å². The van der Waals surface area contributed by atoms with Crippen molar-refractivity contribution >= 4 is 10.0 Å². The van der Waals surface area contributed by atoms with Gasteiger partial charge in [0.2, 0.25) is 10.0 Å². The summed E-state index contributed by atoms with van der Waals surface area (Å²) in [6.45, 7) is 1.49. The Morgan fingerprint density at radius 2 is 1.95 bits per heavy atom. The molecule has 0 radical (unpaired) electrons. The fourth-order valence-electron chi connectivity index (χ4n) is 2.91. The lowest BCUT2D eigenvalue weighted by atomic mass is 10.1. The van der Waals surface area contributed by atoms with Gasteiger partial charge >= 0.3 is 0 Å². The first-order valence-electron chi connectivity index (χ1n) is 7.22. The molecule has 1 aromatic rings. The molecule has 0 aromatic heterocycles. The van der Waals surface area contributed by atoms with Crippen LogP contribution in [0, 0.1) is 18.7 Å². The van der Waals surface area contributed by atoms with Crippen molar-refractivity contribution < 1.29 is 17.9 Å². The average Bonchev–Trinajstić information content (AvgIpc) is 2.94. The van der Waals surface area contributed by atoms with E-state index in [2.05, 4.69) is 0 Å². The van der Waals surface area contributed by atoms with E-state index in [4.69, 9.17) is 5.11 Å². The second-order valence-electron chi connectivity index (χ2n) is 5.81. The van der Waals surface area contributed by atoms with E-state index in [1.165, 1.54) is 23.4 Å². The van der Waals surface area contributed by atoms with Crippen molar-refractivity contribution in [3.63, 3.8) is 0 Å². The molecule has 0 aliphatic heterocycles. The Hall–Kier alpha value is -0.980. The van der Waals surface area contributed by atoms with Gasteiger partial charge in [-0.1, -0.05) is 12.8 Å². The second-order valence-corrected chi connectivity index (χ2v) is 7.85. The molecule has 0 heterocycles. The summed E-state index contributed by atoms with van der Waals surface area (Å²) < 4.78 is 40.2. The number of hydrogen-bond donors (Lipinski definition) is 1. The van der Waals surface area contributed by atoms with Crippen LogP contribution in [0.25, 0.3) is 0 Å². The maximum atomic E-state index is 13.7. The van der Waals surface area contributed by atoms with Gasteiger partial charge < -0.3 is 5.11 Å². The molecule has 0 atom stereocenters. The zero-order chi connectivity index (χ0) is 15.6. The molecule has 1 aliphatic rings. The average molecular weight is 315 g/mol. The Labute approximate surface area is 125 Å². The third kappa shape index (κ3) is 3.44. The molecule has 0 unspecified atom stereocenters. The lowest BCUT2D eigenvalue weighted by molar-refractivity contribution is 0.275. The topological polar surface area (TPSA) is 57.6 Å². The number of aryl methyl sites for hydroxylation is 1. The predicted octanol–water partition coefficient (Wildman–Crippen LogP) is 2.44. The third-order valence-electron chi connectivity index (χ3n) is 4.17. The minimum Gasteiger partial charge on any atom is -0.392 e. The van der Waals surface area contributed by atoms with Crippen molar-refractivity contribution in [3.05, 3.63) is 29.1 Å². The van der Waals surface area contributed by atoms with Crippen LogP contribution in [0.2, 0.25) is 0 Å². The number of benzene rings is 1. The van der Waals surface area contributed by atoms with Crippen molar-refractivity contribution in [1.29, 1.82) is 0 Å². The summed E-state index contributed by atoms with van der Waals surface area (Å²) in [5.74, 6) is -0.140. The van der Waals surface area contributed by atoms with Crippen LogP contribution < -0.4 is 0 Å². The monoisotopic (exact) mass is 315 g/mol.